The molecule has 1 heterocycles. The second kappa shape index (κ2) is 6.00. The number of aliphatic hydroxyl groups is 1. The van der Waals surface area contributed by atoms with Crippen LogP contribution in [0.5, 0.6) is 0 Å². The summed E-state index contributed by atoms with van der Waals surface area (Å²) >= 11 is 0. The zero-order valence-electron chi connectivity index (χ0n) is 10.7. The Hall–Kier alpha value is -2.96. The minimum absolute atomic E-state index is 0.119. The van der Waals surface area contributed by atoms with Crippen molar-refractivity contribution in [1.29, 1.82) is 0 Å². The van der Waals surface area contributed by atoms with Gasteiger partial charge in [0.1, 0.15) is 17.3 Å². The third kappa shape index (κ3) is 3.53. The second-order valence-corrected chi connectivity index (χ2v) is 4.28. The predicted molar refractivity (Wildman–Crippen MR) is 71.0 cm³/mol. The van der Waals surface area contributed by atoms with E-state index in [4.69, 9.17) is 5.11 Å². The van der Waals surface area contributed by atoms with Crippen molar-refractivity contribution in [3.63, 3.8) is 0 Å². The van der Waals surface area contributed by atoms with Crippen LogP contribution in [0.2, 0.25) is 0 Å². The van der Waals surface area contributed by atoms with E-state index in [9.17, 15) is 19.1 Å². The molecule has 0 spiro atoms. The topological polar surface area (TPSA) is 103 Å². The van der Waals surface area contributed by atoms with E-state index in [1.165, 1.54) is 18.3 Å². The Kier molecular flexibility index (Phi) is 4.13. The minimum atomic E-state index is -1.67. The van der Waals surface area contributed by atoms with Crippen LogP contribution in [0.1, 0.15) is 16.8 Å². The van der Waals surface area contributed by atoms with Crippen LogP contribution in [0.15, 0.2) is 36.5 Å². The minimum Gasteiger partial charge on any atom is -0.506 e. The van der Waals surface area contributed by atoms with Gasteiger partial charge in [-0.3, -0.25) is 9.89 Å². The monoisotopic (exact) mass is 290 g/mol. The fourth-order valence-electron chi connectivity index (χ4n) is 1.79. The summed E-state index contributed by atoms with van der Waals surface area (Å²) in [6, 6.07) is 5.89. The quantitative estimate of drug-likeness (QED) is 0.441. The van der Waals surface area contributed by atoms with Gasteiger partial charge in [-0.05, 0) is 17.7 Å². The van der Waals surface area contributed by atoms with E-state index in [0.717, 1.165) is 0 Å². The van der Waals surface area contributed by atoms with Gasteiger partial charge in [-0.1, -0.05) is 12.1 Å². The molecule has 0 atom stereocenters. The van der Waals surface area contributed by atoms with Crippen LogP contribution in [-0.2, 0) is 16.0 Å². The Balaban J connectivity index is 2.26. The number of carbonyl (C=O) groups is 2. The van der Waals surface area contributed by atoms with Gasteiger partial charge in [-0.15, -0.1) is 0 Å². The number of benzene rings is 1. The fraction of sp³-hybridized carbons (Fsp3) is 0.0714. The summed E-state index contributed by atoms with van der Waals surface area (Å²) in [5.41, 5.74) is 1.27. The molecule has 0 bridgehead atoms. The molecule has 3 N–H and O–H groups in total. The lowest BCUT2D eigenvalue weighted by atomic mass is 10.0. The highest BCUT2D eigenvalue weighted by atomic mass is 19.1. The molecule has 2 aromatic rings. The Morgan fingerprint density at radius 2 is 2.10 bits per heavy atom. The van der Waals surface area contributed by atoms with Crippen LogP contribution in [0.4, 0.5) is 4.39 Å². The summed E-state index contributed by atoms with van der Waals surface area (Å²) in [6.45, 7) is 0. The molecule has 108 valence electrons. The number of hydrogen-bond donors (Lipinski definition) is 3. The lowest BCUT2D eigenvalue weighted by Crippen LogP contribution is -2.10. The maximum atomic E-state index is 13.1. The van der Waals surface area contributed by atoms with Crippen molar-refractivity contribution in [1.82, 2.24) is 10.2 Å². The third-order valence-electron chi connectivity index (χ3n) is 2.74. The number of carboxylic acid groups (broad SMARTS) is 1. The maximum absolute atomic E-state index is 13.1. The number of carboxylic acids is 1. The maximum Gasteiger partial charge on any atom is 0.376 e. The normalized spacial score (nSPS) is 11.4. The molecule has 0 aliphatic rings. The number of aliphatic carboxylic acids is 1. The molecule has 1 aromatic heterocycles. The molecule has 0 fully saturated rings. The van der Waals surface area contributed by atoms with Crippen molar-refractivity contribution in [3.8, 4) is 0 Å². The Bertz CT molecular complexity index is 721. The lowest BCUT2D eigenvalue weighted by Gasteiger charge is -2.03. The molecular formula is C14H11FN2O4. The van der Waals surface area contributed by atoms with Gasteiger partial charge in [0, 0.05) is 18.1 Å². The summed E-state index contributed by atoms with van der Waals surface area (Å²) in [4.78, 5) is 21.5. The van der Waals surface area contributed by atoms with Crippen molar-refractivity contribution in [2.45, 2.75) is 6.42 Å². The number of ketones is 1. The molecule has 0 saturated heterocycles. The summed E-state index contributed by atoms with van der Waals surface area (Å²) in [5, 5.41) is 24.5. The molecule has 6 nitrogen and oxygen atoms in total. The zero-order valence-corrected chi connectivity index (χ0v) is 10.7. The molecule has 0 amide bonds. The van der Waals surface area contributed by atoms with E-state index in [-0.39, 0.29) is 12.1 Å². The summed E-state index contributed by atoms with van der Waals surface area (Å²) in [5.74, 6) is -3.85. The van der Waals surface area contributed by atoms with Gasteiger partial charge in [0.2, 0.25) is 0 Å². The molecule has 0 aliphatic heterocycles. The van der Waals surface area contributed by atoms with E-state index in [2.05, 4.69) is 10.2 Å². The number of aromatic nitrogens is 2. The zero-order chi connectivity index (χ0) is 15.4. The molecule has 21 heavy (non-hydrogen) atoms. The Labute approximate surface area is 118 Å². The molecule has 0 unspecified atom stereocenters. The van der Waals surface area contributed by atoms with Crippen LogP contribution in [0.3, 0.4) is 0 Å². The third-order valence-corrected chi connectivity index (χ3v) is 2.74. The lowest BCUT2D eigenvalue weighted by molar-refractivity contribution is -0.146. The first-order valence-electron chi connectivity index (χ1n) is 5.92. The largest absolute Gasteiger partial charge is 0.506 e. The van der Waals surface area contributed by atoms with Gasteiger partial charge in [0.25, 0.3) is 5.78 Å². The van der Waals surface area contributed by atoms with E-state index >= 15 is 0 Å². The number of nitrogens with zero attached hydrogens (tertiary/aromatic N) is 1. The smallest absolute Gasteiger partial charge is 0.376 e. The Morgan fingerprint density at radius 1 is 1.33 bits per heavy atom. The molecule has 0 aliphatic carbocycles. The van der Waals surface area contributed by atoms with Gasteiger partial charge in [-0.25, -0.2) is 9.18 Å². The predicted octanol–water partition coefficient (Wildman–Crippen LogP) is 1.69. The molecule has 2 rings (SSSR count). The van der Waals surface area contributed by atoms with Crippen molar-refractivity contribution in [2.75, 3.05) is 0 Å². The average Bonchev–Trinajstić information content (AvgIpc) is 2.86. The molecular weight excluding hydrogens is 279 g/mol. The van der Waals surface area contributed by atoms with Crippen LogP contribution in [-0.4, -0.2) is 32.2 Å². The number of nitrogens with one attached hydrogen (secondary N) is 1. The number of rotatable bonds is 5. The van der Waals surface area contributed by atoms with Crippen molar-refractivity contribution < 1.29 is 24.2 Å². The van der Waals surface area contributed by atoms with Crippen LogP contribution < -0.4 is 0 Å². The molecule has 0 saturated carbocycles. The van der Waals surface area contributed by atoms with Gasteiger partial charge in [0.15, 0.2) is 0 Å². The first-order valence-corrected chi connectivity index (χ1v) is 5.92. The van der Waals surface area contributed by atoms with E-state index in [1.807, 2.05) is 0 Å². The second-order valence-electron chi connectivity index (χ2n) is 4.28. The van der Waals surface area contributed by atoms with Gasteiger partial charge >= 0.3 is 5.97 Å². The number of halogens is 1. The number of carbonyl (C=O) groups excluding carboxylic acids is 1. The molecule has 7 heteroatoms. The van der Waals surface area contributed by atoms with Crippen LogP contribution in [0, 0.1) is 5.82 Å². The Morgan fingerprint density at radius 3 is 2.76 bits per heavy atom. The summed E-state index contributed by atoms with van der Waals surface area (Å²) in [6.07, 6.45) is 2.27. The number of H-pyrrole nitrogens is 1. The number of hydrogen-bond acceptors (Lipinski definition) is 4. The van der Waals surface area contributed by atoms with Crippen LogP contribution in [0.25, 0.3) is 5.76 Å². The van der Waals surface area contributed by atoms with E-state index < -0.39 is 23.3 Å². The van der Waals surface area contributed by atoms with Crippen LogP contribution >= 0.6 is 0 Å². The summed E-state index contributed by atoms with van der Waals surface area (Å²) < 4.78 is 13.1. The van der Waals surface area contributed by atoms with Gasteiger partial charge < -0.3 is 10.2 Å². The van der Waals surface area contributed by atoms with Crippen molar-refractivity contribution in [3.05, 3.63) is 59.2 Å². The fourth-order valence-corrected chi connectivity index (χ4v) is 1.79. The first kappa shape index (κ1) is 14.4. The van der Waals surface area contributed by atoms with Crippen molar-refractivity contribution >= 4 is 17.5 Å². The summed E-state index contributed by atoms with van der Waals surface area (Å²) in [7, 11) is 0. The highest BCUT2D eigenvalue weighted by molar-refractivity contribution is 6.38. The SMILES string of the molecule is O=C(O)C(=O)C=C(O)c1[nH]ncc1Cc1cccc(F)c1. The van der Waals surface area contributed by atoms with Gasteiger partial charge in [0.05, 0.1) is 6.20 Å². The highest BCUT2D eigenvalue weighted by Gasteiger charge is 2.15. The van der Waals surface area contributed by atoms with E-state index in [1.54, 1.807) is 12.1 Å². The van der Waals surface area contributed by atoms with E-state index in [0.29, 0.717) is 17.2 Å². The van der Waals surface area contributed by atoms with Crippen molar-refractivity contribution in [2.24, 2.45) is 0 Å². The number of aromatic amines is 1. The highest BCUT2D eigenvalue weighted by Crippen LogP contribution is 2.18. The molecule has 0 radical (unpaired) electrons. The standard InChI is InChI=1S/C14H11FN2O4/c15-10-3-1-2-8(5-10)4-9-7-16-17-13(9)11(18)6-12(19)14(20)21/h1-3,5-7,18H,4H2,(H,16,17)(H,20,21). The molecule has 1 aromatic carbocycles. The average molecular weight is 290 g/mol. The number of aliphatic hydroxyl groups excluding tert-OH is 1. The first-order chi connectivity index (χ1) is 9.97. The van der Waals surface area contributed by atoms with Gasteiger partial charge in [-0.2, -0.15) is 5.10 Å².